The van der Waals surface area contributed by atoms with E-state index in [0.29, 0.717) is 19.8 Å². The van der Waals surface area contributed by atoms with Gasteiger partial charge < -0.3 is 14.4 Å². The number of hydrogen-bond donors (Lipinski definition) is 0. The summed E-state index contributed by atoms with van der Waals surface area (Å²) in [5, 5.41) is 0. The Morgan fingerprint density at radius 2 is 2.18 bits per heavy atom. The zero-order valence-electron chi connectivity index (χ0n) is 10.2. The summed E-state index contributed by atoms with van der Waals surface area (Å²) in [6, 6.07) is 5.69. The molecule has 0 N–H and O–H groups in total. The van der Waals surface area contributed by atoms with Crippen LogP contribution in [0.25, 0.3) is 0 Å². The quantitative estimate of drug-likeness (QED) is 0.729. The zero-order chi connectivity index (χ0) is 12.3. The van der Waals surface area contributed by atoms with Crippen LogP contribution in [0.4, 0.5) is 0 Å². The Hall–Kier alpha value is -1.55. The van der Waals surface area contributed by atoms with Crippen molar-refractivity contribution in [2.45, 2.75) is 13.5 Å². The molecule has 0 aliphatic carbocycles. The average molecular weight is 235 g/mol. The third-order valence-electron chi connectivity index (χ3n) is 2.90. The van der Waals surface area contributed by atoms with Gasteiger partial charge in [-0.3, -0.25) is 4.79 Å². The van der Waals surface area contributed by atoms with E-state index in [1.54, 1.807) is 7.11 Å². The minimum Gasteiger partial charge on any atom is -0.491 e. The minimum absolute atomic E-state index is 0.0969. The highest BCUT2D eigenvalue weighted by atomic mass is 16.5. The smallest absolute Gasteiger partial charge is 0.254 e. The molecule has 4 heteroatoms. The number of fused-ring (bicyclic) bond motifs is 1. The molecule has 1 aliphatic heterocycles. The lowest BCUT2D eigenvalue weighted by molar-refractivity contribution is 0.0786. The molecule has 1 aromatic carbocycles. The van der Waals surface area contributed by atoms with Gasteiger partial charge in [-0.25, -0.2) is 0 Å². The summed E-state index contributed by atoms with van der Waals surface area (Å²) in [5.74, 6) is 0.826. The number of nitrogens with zero attached hydrogens (tertiary/aromatic N) is 1. The van der Waals surface area contributed by atoms with E-state index in [4.69, 9.17) is 9.47 Å². The van der Waals surface area contributed by atoms with Crippen molar-refractivity contribution in [2.75, 3.05) is 26.9 Å². The van der Waals surface area contributed by atoms with Crippen LogP contribution in [0.15, 0.2) is 18.2 Å². The van der Waals surface area contributed by atoms with E-state index >= 15 is 0 Å². The summed E-state index contributed by atoms with van der Waals surface area (Å²) in [4.78, 5) is 13.8. The van der Waals surface area contributed by atoms with Gasteiger partial charge in [0, 0.05) is 25.8 Å². The van der Waals surface area contributed by atoms with Gasteiger partial charge in [-0.05, 0) is 24.6 Å². The van der Waals surface area contributed by atoms with Crippen molar-refractivity contribution in [1.29, 1.82) is 0 Å². The number of benzene rings is 1. The third-order valence-corrected chi connectivity index (χ3v) is 2.90. The molecule has 1 amide bonds. The van der Waals surface area contributed by atoms with E-state index in [1.807, 2.05) is 30.0 Å². The molecule has 0 saturated carbocycles. The van der Waals surface area contributed by atoms with Crippen LogP contribution < -0.4 is 4.74 Å². The van der Waals surface area contributed by atoms with Gasteiger partial charge in [-0.2, -0.15) is 0 Å². The van der Waals surface area contributed by atoms with Crippen LogP contribution in [-0.2, 0) is 11.3 Å². The topological polar surface area (TPSA) is 38.8 Å². The highest BCUT2D eigenvalue weighted by Crippen LogP contribution is 2.26. The summed E-state index contributed by atoms with van der Waals surface area (Å²) in [6.07, 6.45) is 0. The van der Waals surface area contributed by atoms with Crippen LogP contribution in [0, 0.1) is 0 Å². The first-order valence-electron chi connectivity index (χ1n) is 5.80. The highest BCUT2D eigenvalue weighted by Gasteiger charge is 2.26. The SMILES string of the molecule is CCN1Cc2ccc(OCCOC)cc2C1=O. The normalized spacial score (nSPS) is 14.0. The predicted molar refractivity (Wildman–Crippen MR) is 64.2 cm³/mol. The maximum atomic E-state index is 12.0. The molecule has 0 saturated heterocycles. The maximum absolute atomic E-state index is 12.0. The fourth-order valence-electron chi connectivity index (χ4n) is 1.93. The van der Waals surface area contributed by atoms with E-state index in [1.165, 1.54) is 0 Å². The lowest BCUT2D eigenvalue weighted by atomic mass is 10.1. The van der Waals surface area contributed by atoms with Crippen molar-refractivity contribution in [2.24, 2.45) is 0 Å². The van der Waals surface area contributed by atoms with Crippen LogP contribution in [-0.4, -0.2) is 37.7 Å². The largest absolute Gasteiger partial charge is 0.491 e. The van der Waals surface area contributed by atoms with Crippen LogP contribution in [0.5, 0.6) is 5.75 Å². The van der Waals surface area contributed by atoms with Gasteiger partial charge >= 0.3 is 0 Å². The molecule has 2 rings (SSSR count). The Kier molecular flexibility index (Phi) is 3.64. The van der Waals surface area contributed by atoms with Gasteiger partial charge in [0.2, 0.25) is 0 Å². The number of rotatable bonds is 5. The molecule has 0 spiro atoms. The van der Waals surface area contributed by atoms with E-state index in [-0.39, 0.29) is 5.91 Å². The zero-order valence-corrected chi connectivity index (χ0v) is 10.2. The second-order valence-electron chi connectivity index (χ2n) is 3.98. The summed E-state index contributed by atoms with van der Waals surface area (Å²) in [7, 11) is 1.63. The van der Waals surface area contributed by atoms with Gasteiger partial charge in [0.05, 0.1) is 6.61 Å². The Bertz CT molecular complexity index is 417. The molecule has 0 unspecified atom stereocenters. The fourth-order valence-corrected chi connectivity index (χ4v) is 1.93. The van der Waals surface area contributed by atoms with Crippen molar-refractivity contribution in [3.63, 3.8) is 0 Å². The second-order valence-corrected chi connectivity index (χ2v) is 3.98. The predicted octanol–water partition coefficient (Wildman–Crippen LogP) is 1.69. The van der Waals surface area contributed by atoms with Crippen molar-refractivity contribution >= 4 is 5.91 Å². The molecule has 0 fully saturated rings. The average Bonchev–Trinajstić information content (AvgIpc) is 2.67. The van der Waals surface area contributed by atoms with Crippen molar-refractivity contribution in [1.82, 2.24) is 4.90 Å². The molecule has 0 radical (unpaired) electrons. The van der Waals surface area contributed by atoms with Crippen LogP contribution in [0.2, 0.25) is 0 Å². The van der Waals surface area contributed by atoms with Crippen molar-refractivity contribution < 1.29 is 14.3 Å². The molecular formula is C13H17NO3. The molecular weight excluding hydrogens is 218 g/mol. The van der Waals surface area contributed by atoms with Gasteiger partial charge in [0.25, 0.3) is 5.91 Å². The van der Waals surface area contributed by atoms with Crippen LogP contribution >= 0.6 is 0 Å². The fraction of sp³-hybridized carbons (Fsp3) is 0.462. The number of amides is 1. The molecule has 1 aromatic rings. The van der Waals surface area contributed by atoms with Gasteiger partial charge in [0.1, 0.15) is 12.4 Å². The highest BCUT2D eigenvalue weighted by molar-refractivity contribution is 5.98. The van der Waals surface area contributed by atoms with Gasteiger partial charge in [-0.1, -0.05) is 6.07 Å². The first-order chi connectivity index (χ1) is 8.26. The standard InChI is InChI=1S/C13H17NO3/c1-3-14-9-10-4-5-11(17-7-6-16-2)8-12(10)13(14)15/h4-5,8H,3,6-7,9H2,1-2H3. The van der Waals surface area contributed by atoms with Gasteiger partial charge in [-0.15, -0.1) is 0 Å². The minimum atomic E-state index is 0.0969. The Labute approximate surface area is 101 Å². The summed E-state index contributed by atoms with van der Waals surface area (Å²) in [5.41, 5.74) is 1.85. The van der Waals surface area contributed by atoms with Crippen LogP contribution in [0.3, 0.4) is 0 Å². The molecule has 1 heterocycles. The van der Waals surface area contributed by atoms with Crippen molar-refractivity contribution in [3.8, 4) is 5.75 Å². The summed E-state index contributed by atoms with van der Waals surface area (Å²) < 4.78 is 10.4. The maximum Gasteiger partial charge on any atom is 0.254 e. The molecule has 1 aliphatic rings. The van der Waals surface area contributed by atoms with Gasteiger partial charge in [0.15, 0.2) is 0 Å². The van der Waals surface area contributed by atoms with E-state index in [2.05, 4.69) is 0 Å². The monoisotopic (exact) mass is 235 g/mol. The number of ether oxygens (including phenoxy) is 2. The molecule has 92 valence electrons. The number of methoxy groups -OCH3 is 1. The Morgan fingerprint density at radius 3 is 2.88 bits per heavy atom. The molecule has 4 nitrogen and oxygen atoms in total. The van der Waals surface area contributed by atoms with E-state index < -0.39 is 0 Å². The molecule has 0 aromatic heterocycles. The second kappa shape index (κ2) is 5.19. The molecule has 0 bridgehead atoms. The molecule has 17 heavy (non-hydrogen) atoms. The first kappa shape index (κ1) is 11.9. The van der Waals surface area contributed by atoms with Crippen LogP contribution in [0.1, 0.15) is 22.8 Å². The molecule has 0 atom stereocenters. The summed E-state index contributed by atoms with van der Waals surface area (Å²) in [6.45, 7) is 4.49. The first-order valence-corrected chi connectivity index (χ1v) is 5.80. The lowest BCUT2D eigenvalue weighted by Gasteiger charge is -2.10. The summed E-state index contributed by atoms with van der Waals surface area (Å²) >= 11 is 0. The number of carbonyl (C=O) groups excluding carboxylic acids is 1. The van der Waals surface area contributed by atoms with E-state index in [9.17, 15) is 4.79 Å². The third kappa shape index (κ3) is 2.42. The Morgan fingerprint density at radius 1 is 1.35 bits per heavy atom. The number of hydrogen-bond acceptors (Lipinski definition) is 3. The lowest BCUT2D eigenvalue weighted by Crippen LogP contribution is -2.22. The van der Waals surface area contributed by atoms with Crippen molar-refractivity contribution in [3.05, 3.63) is 29.3 Å². The Balaban J connectivity index is 2.10. The number of carbonyl (C=O) groups is 1. The van der Waals surface area contributed by atoms with E-state index in [0.717, 1.165) is 23.4 Å².